The number of hydrogen-bond donors (Lipinski definition) is 0. The molecule has 1 heteroatoms. The Morgan fingerprint density at radius 1 is 1.25 bits per heavy atom. The van der Waals surface area contributed by atoms with E-state index in [4.69, 9.17) is 0 Å². The SMILES string of the molecule is C=C(C)/C(=C\N(C)C(=C)C)C1CCC(C)C1. The topological polar surface area (TPSA) is 3.24 Å². The van der Waals surface area contributed by atoms with Gasteiger partial charge in [0.2, 0.25) is 0 Å². The third-order valence-corrected chi connectivity index (χ3v) is 3.56. The summed E-state index contributed by atoms with van der Waals surface area (Å²) in [5.41, 5.74) is 3.69. The highest BCUT2D eigenvalue weighted by atomic mass is 15.1. The third-order valence-electron chi connectivity index (χ3n) is 3.56. The van der Waals surface area contributed by atoms with E-state index in [-0.39, 0.29) is 0 Å². The summed E-state index contributed by atoms with van der Waals surface area (Å²) in [6.07, 6.45) is 6.19. The molecule has 16 heavy (non-hydrogen) atoms. The summed E-state index contributed by atoms with van der Waals surface area (Å²) in [5, 5.41) is 0. The Kier molecular flexibility index (Phi) is 4.40. The highest BCUT2D eigenvalue weighted by Crippen LogP contribution is 2.37. The van der Waals surface area contributed by atoms with Crippen LogP contribution in [0.5, 0.6) is 0 Å². The van der Waals surface area contributed by atoms with Gasteiger partial charge >= 0.3 is 0 Å². The third kappa shape index (κ3) is 3.26. The summed E-state index contributed by atoms with van der Waals surface area (Å²) < 4.78 is 0. The van der Waals surface area contributed by atoms with Crippen molar-refractivity contribution >= 4 is 0 Å². The molecule has 2 atom stereocenters. The molecular formula is C15H25N. The lowest BCUT2D eigenvalue weighted by molar-refractivity contribution is 0.534. The second-order valence-corrected chi connectivity index (χ2v) is 5.33. The Morgan fingerprint density at radius 2 is 1.88 bits per heavy atom. The van der Waals surface area contributed by atoms with Gasteiger partial charge in [-0.3, -0.25) is 0 Å². The van der Waals surface area contributed by atoms with Gasteiger partial charge in [0.1, 0.15) is 0 Å². The predicted octanol–water partition coefficient (Wildman–Crippen LogP) is 4.35. The first-order chi connectivity index (χ1) is 7.41. The van der Waals surface area contributed by atoms with Gasteiger partial charge in [0.15, 0.2) is 0 Å². The van der Waals surface area contributed by atoms with Gasteiger partial charge in [-0.15, -0.1) is 0 Å². The van der Waals surface area contributed by atoms with Crippen LogP contribution in [0.25, 0.3) is 0 Å². The van der Waals surface area contributed by atoms with E-state index in [9.17, 15) is 0 Å². The van der Waals surface area contributed by atoms with Gasteiger partial charge in [-0.25, -0.2) is 0 Å². The Morgan fingerprint density at radius 3 is 2.25 bits per heavy atom. The average molecular weight is 219 g/mol. The Balaban J connectivity index is 2.83. The van der Waals surface area contributed by atoms with Gasteiger partial charge in [0.05, 0.1) is 0 Å². The standard InChI is InChI=1S/C15H25N/c1-11(2)15(10-16(6)12(3)4)14-8-7-13(5)9-14/h10,13-14H,1,3,7-9H2,2,4-6H3/b15-10+. The molecule has 0 aliphatic heterocycles. The van der Waals surface area contributed by atoms with E-state index in [1.165, 1.54) is 30.4 Å². The van der Waals surface area contributed by atoms with Crippen molar-refractivity contribution in [3.05, 3.63) is 36.2 Å². The lowest BCUT2D eigenvalue weighted by Gasteiger charge is -2.21. The first kappa shape index (κ1) is 13.1. The van der Waals surface area contributed by atoms with Crippen LogP contribution in [0, 0.1) is 11.8 Å². The second kappa shape index (κ2) is 5.38. The predicted molar refractivity (Wildman–Crippen MR) is 72.0 cm³/mol. The quantitative estimate of drug-likeness (QED) is 0.635. The highest BCUT2D eigenvalue weighted by Gasteiger charge is 2.25. The van der Waals surface area contributed by atoms with Crippen LogP contribution in [0.1, 0.15) is 40.0 Å². The Bertz CT molecular complexity index is 311. The molecule has 0 bridgehead atoms. The lowest BCUT2D eigenvalue weighted by atomic mass is 9.92. The molecule has 90 valence electrons. The molecule has 0 heterocycles. The maximum absolute atomic E-state index is 4.11. The van der Waals surface area contributed by atoms with E-state index < -0.39 is 0 Å². The fraction of sp³-hybridized carbons (Fsp3) is 0.600. The van der Waals surface area contributed by atoms with E-state index in [1.807, 2.05) is 6.92 Å². The maximum Gasteiger partial charge on any atom is 0.0109 e. The molecule has 1 nitrogen and oxygen atoms in total. The molecule has 1 saturated carbocycles. The molecule has 1 fully saturated rings. The van der Waals surface area contributed by atoms with Gasteiger partial charge in [-0.05, 0) is 44.1 Å². The first-order valence-corrected chi connectivity index (χ1v) is 6.17. The Labute approximate surface area is 101 Å². The minimum absolute atomic E-state index is 0.703. The van der Waals surface area contributed by atoms with Crippen molar-refractivity contribution in [2.75, 3.05) is 7.05 Å². The lowest BCUT2D eigenvalue weighted by Crippen LogP contribution is -2.11. The zero-order chi connectivity index (χ0) is 12.3. The van der Waals surface area contributed by atoms with Crippen LogP contribution < -0.4 is 0 Å². The summed E-state index contributed by atoms with van der Waals surface area (Å²) in [6, 6.07) is 0. The average Bonchev–Trinajstić information content (AvgIpc) is 2.59. The summed E-state index contributed by atoms with van der Waals surface area (Å²) in [4.78, 5) is 2.10. The first-order valence-electron chi connectivity index (χ1n) is 6.17. The van der Waals surface area contributed by atoms with E-state index in [0.717, 1.165) is 11.6 Å². The van der Waals surface area contributed by atoms with Crippen molar-refractivity contribution in [2.24, 2.45) is 11.8 Å². The molecule has 1 aliphatic rings. The molecule has 0 aromatic heterocycles. The van der Waals surface area contributed by atoms with Crippen LogP contribution in [0.15, 0.2) is 36.2 Å². The molecule has 0 saturated heterocycles. The number of nitrogens with zero attached hydrogens (tertiary/aromatic N) is 1. The molecule has 1 rings (SSSR count). The smallest absolute Gasteiger partial charge is 0.0109 e. The fourth-order valence-corrected chi connectivity index (χ4v) is 2.37. The van der Waals surface area contributed by atoms with Gasteiger partial charge < -0.3 is 4.90 Å². The van der Waals surface area contributed by atoms with Crippen LogP contribution in [0.2, 0.25) is 0 Å². The Hall–Kier alpha value is -0.980. The van der Waals surface area contributed by atoms with Crippen molar-refractivity contribution < 1.29 is 0 Å². The van der Waals surface area contributed by atoms with Crippen molar-refractivity contribution in [3.63, 3.8) is 0 Å². The zero-order valence-corrected chi connectivity index (χ0v) is 11.2. The van der Waals surface area contributed by atoms with Crippen LogP contribution in [-0.4, -0.2) is 11.9 Å². The van der Waals surface area contributed by atoms with Crippen LogP contribution in [0.3, 0.4) is 0 Å². The minimum atomic E-state index is 0.703. The summed E-state index contributed by atoms with van der Waals surface area (Å²) >= 11 is 0. The largest absolute Gasteiger partial charge is 0.355 e. The van der Waals surface area contributed by atoms with Gasteiger partial charge in [-0.2, -0.15) is 0 Å². The van der Waals surface area contributed by atoms with Crippen molar-refractivity contribution in [2.45, 2.75) is 40.0 Å². The summed E-state index contributed by atoms with van der Waals surface area (Å²) in [5.74, 6) is 1.57. The van der Waals surface area contributed by atoms with Crippen LogP contribution >= 0.6 is 0 Å². The molecule has 0 spiro atoms. The molecule has 1 aliphatic carbocycles. The minimum Gasteiger partial charge on any atom is -0.355 e. The molecular weight excluding hydrogens is 194 g/mol. The maximum atomic E-state index is 4.11. The van der Waals surface area contributed by atoms with Gasteiger partial charge in [0, 0.05) is 18.9 Å². The van der Waals surface area contributed by atoms with Crippen molar-refractivity contribution in [3.8, 4) is 0 Å². The van der Waals surface area contributed by atoms with Crippen LogP contribution in [0.4, 0.5) is 0 Å². The molecule has 0 aromatic rings. The monoisotopic (exact) mass is 219 g/mol. The van der Waals surface area contributed by atoms with Crippen molar-refractivity contribution in [1.29, 1.82) is 0 Å². The number of hydrogen-bond acceptors (Lipinski definition) is 1. The van der Waals surface area contributed by atoms with Gasteiger partial charge in [-0.1, -0.05) is 32.1 Å². The van der Waals surface area contributed by atoms with Crippen LogP contribution in [-0.2, 0) is 0 Å². The number of allylic oxidation sites excluding steroid dienone is 3. The molecule has 0 aromatic carbocycles. The molecule has 0 radical (unpaired) electrons. The van der Waals surface area contributed by atoms with Crippen molar-refractivity contribution in [1.82, 2.24) is 4.90 Å². The van der Waals surface area contributed by atoms with E-state index in [0.29, 0.717) is 5.92 Å². The summed E-state index contributed by atoms with van der Waals surface area (Å²) in [7, 11) is 2.06. The van der Waals surface area contributed by atoms with E-state index >= 15 is 0 Å². The van der Waals surface area contributed by atoms with E-state index in [2.05, 4.69) is 45.2 Å². The van der Waals surface area contributed by atoms with E-state index in [1.54, 1.807) is 0 Å². The molecule has 0 N–H and O–H groups in total. The van der Waals surface area contributed by atoms with Gasteiger partial charge in [0.25, 0.3) is 0 Å². The highest BCUT2D eigenvalue weighted by molar-refractivity contribution is 5.30. The fourth-order valence-electron chi connectivity index (χ4n) is 2.37. The zero-order valence-electron chi connectivity index (χ0n) is 11.2. The molecule has 2 unspecified atom stereocenters. The number of rotatable bonds is 4. The second-order valence-electron chi connectivity index (χ2n) is 5.33. The molecule has 0 amide bonds. The summed E-state index contributed by atoms with van der Waals surface area (Å²) in [6.45, 7) is 14.6. The normalized spacial score (nSPS) is 25.6.